The fourth-order valence-electron chi connectivity index (χ4n) is 3.59. The predicted octanol–water partition coefficient (Wildman–Crippen LogP) is 5.70. The zero-order chi connectivity index (χ0) is 14.1. The Hall–Kier alpha value is -0.0400. The van der Waals surface area contributed by atoms with Crippen molar-refractivity contribution in [2.45, 2.75) is 103 Å². The van der Waals surface area contributed by atoms with Crippen LogP contribution in [0, 0.1) is 11.8 Å². The highest BCUT2D eigenvalue weighted by molar-refractivity contribution is 4.87. The van der Waals surface area contributed by atoms with Crippen LogP contribution in [0.3, 0.4) is 0 Å². The number of unbranched alkanes of at least 4 members (excludes halogenated alkanes) is 6. The highest BCUT2D eigenvalue weighted by Crippen LogP contribution is 2.39. The monoisotopic (exact) mass is 268 g/mol. The van der Waals surface area contributed by atoms with Crippen molar-refractivity contribution in [3.05, 3.63) is 0 Å². The van der Waals surface area contributed by atoms with Gasteiger partial charge in [-0.1, -0.05) is 72.1 Å². The fourth-order valence-corrected chi connectivity index (χ4v) is 3.59. The van der Waals surface area contributed by atoms with Gasteiger partial charge in [-0.2, -0.15) is 0 Å². The maximum absolute atomic E-state index is 10.7. The zero-order valence-corrected chi connectivity index (χ0v) is 13.6. The summed E-state index contributed by atoms with van der Waals surface area (Å²) in [5, 5.41) is 10.7. The average Bonchev–Trinajstić information content (AvgIpc) is 2.37. The molecular weight excluding hydrogens is 232 g/mol. The van der Waals surface area contributed by atoms with Gasteiger partial charge in [0.25, 0.3) is 0 Å². The van der Waals surface area contributed by atoms with E-state index in [1.807, 2.05) is 0 Å². The van der Waals surface area contributed by atoms with E-state index in [0.29, 0.717) is 0 Å². The van der Waals surface area contributed by atoms with E-state index < -0.39 is 0 Å². The van der Waals surface area contributed by atoms with E-state index in [1.54, 1.807) is 0 Å². The third kappa shape index (κ3) is 6.79. The van der Waals surface area contributed by atoms with Crippen LogP contribution in [-0.2, 0) is 0 Å². The summed E-state index contributed by atoms with van der Waals surface area (Å²) >= 11 is 0. The molecule has 1 heteroatoms. The van der Waals surface area contributed by atoms with Gasteiger partial charge in [-0.25, -0.2) is 0 Å². The van der Waals surface area contributed by atoms with Crippen LogP contribution in [0.1, 0.15) is 97.8 Å². The summed E-state index contributed by atoms with van der Waals surface area (Å²) in [6.07, 6.45) is 15.1. The van der Waals surface area contributed by atoms with Gasteiger partial charge in [0.2, 0.25) is 0 Å². The molecule has 0 aliphatic heterocycles. The van der Waals surface area contributed by atoms with E-state index in [2.05, 4.69) is 20.8 Å². The third-order valence-electron chi connectivity index (χ3n) is 5.05. The van der Waals surface area contributed by atoms with Gasteiger partial charge in [0, 0.05) is 0 Å². The van der Waals surface area contributed by atoms with Crippen LogP contribution in [0.25, 0.3) is 0 Å². The number of hydrogen-bond donors (Lipinski definition) is 1. The van der Waals surface area contributed by atoms with Gasteiger partial charge in [-0.15, -0.1) is 0 Å². The van der Waals surface area contributed by atoms with E-state index in [-0.39, 0.29) is 5.60 Å². The molecule has 0 aromatic carbocycles. The second-order valence-corrected chi connectivity index (χ2v) is 7.20. The topological polar surface area (TPSA) is 20.2 Å². The molecule has 2 atom stereocenters. The Kier molecular flexibility index (Phi) is 8.06. The molecule has 0 aromatic heterocycles. The Labute approximate surface area is 121 Å². The molecule has 2 unspecified atom stereocenters. The Morgan fingerprint density at radius 3 is 2.32 bits per heavy atom. The number of hydrogen-bond acceptors (Lipinski definition) is 1. The first kappa shape index (κ1) is 17.0. The smallest absolute Gasteiger partial charge is 0.0650 e. The Morgan fingerprint density at radius 2 is 1.68 bits per heavy atom. The number of aliphatic hydroxyl groups is 1. The minimum Gasteiger partial charge on any atom is -0.390 e. The summed E-state index contributed by atoms with van der Waals surface area (Å²) in [6.45, 7) is 6.89. The molecule has 1 fully saturated rings. The first-order valence-electron chi connectivity index (χ1n) is 8.80. The molecule has 0 spiro atoms. The van der Waals surface area contributed by atoms with Gasteiger partial charge in [-0.05, 0) is 37.5 Å². The van der Waals surface area contributed by atoms with Gasteiger partial charge in [0.1, 0.15) is 0 Å². The van der Waals surface area contributed by atoms with Crippen molar-refractivity contribution < 1.29 is 5.11 Å². The minimum atomic E-state index is -0.323. The van der Waals surface area contributed by atoms with E-state index in [4.69, 9.17) is 0 Å². The SMILES string of the molecule is CCCCCCCCCC1(O)CCCC(C(C)C)C1. The van der Waals surface area contributed by atoms with Gasteiger partial charge in [0.05, 0.1) is 5.60 Å². The van der Waals surface area contributed by atoms with Crippen LogP contribution in [-0.4, -0.2) is 10.7 Å². The molecular formula is C18H36O. The van der Waals surface area contributed by atoms with Gasteiger partial charge in [-0.3, -0.25) is 0 Å². The van der Waals surface area contributed by atoms with Gasteiger partial charge in [0.15, 0.2) is 0 Å². The molecule has 0 aromatic rings. The molecule has 0 bridgehead atoms. The van der Waals surface area contributed by atoms with Crippen LogP contribution in [0.2, 0.25) is 0 Å². The van der Waals surface area contributed by atoms with E-state index >= 15 is 0 Å². The summed E-state index contributed by atoms with van der Waals surface area (Å²) in [4.78, 5) is 0. The minimum absolute atomic E-state index is 0.323. The van der Waals surface area contributed by atoms with Crippen LogP contribution in [0.15, 0.2) is 0 Å². The van der Waals surface area contributed by atoms with Crippen molar-refractivity contribution in [3.8, 4) is 0 Å². The Morgan fingerprint density at radius 1 is 1.05 bits per heavy atom. The van der Waals surface area contributed by atoms with Crippen LogP contribution in [0.4, 0.5) is 0 Å². The summed E-state index contributed by atoms with van der Waals surface area (Å²) < 4.78 is 0. The van der Waals surface area contributed by atoms with Gasteiger partial charge < -0.3 is 5.11 Å². The van der Waals surface area contributed by atoms with Crippen molar-refractivity contribution in [1.82, 2.24) is 0 Å². The second kappa shape index (κ2) is 9.00. The van der Waals surface area contributed by atoms with Crippen molar-refractivity contribution in [2.24, 2.45) is 11.8 Å². The molecule has 0 saturated heterocycles. The number of rotatable bonds is 9. The van der Waals surface area contributed by atoms with Crippen molar-refractivity contribution >= 4 is 0 Å². The molecule has 0 heterocycles. The molecule has 1 saturated carbocycles. The lowest BCUT2D eigenvalue weighted by Crippen LogP contribution is -2.36. The second-order valence-electron chi connectivity index (χ2n) is 7.20. The first-order chi connectivity index (χ1) is 9.07. The Balaban J connectivity index is 2.13. The van der Waals surface area contributed by atoms with Gasteiger partial charge >= 0.3 is 0 Å². The molecule has 1 nitrogen and oxygen atoms in total. The third-order valence-corrected chi connectivity index (χ3v) is 5.05. The predicted molar refractivity (Wildman–Crippen MR) is 84.4 cm³/mol. The molecule has 0 amide bonds. The van der Waals surface area contributed by atoms with E-state index in [1.165, 1.54) is 57.8 Å². The molecule has 0 radical (unpaired) electrons. The lowest BCUT2D eigenvalue weighted by atomic mass is 9.72. The lowest BCUT2D eigenvalue weighted by Gasteiger charge is -2.38. The quantitative estimate of drug-likeness (QED) is 0.531. The lowest BCUT2D eigenvalue weighted by molar-refractivity contribution is -0.0328. The summed E-state index contributed by atoms with van der Waals surface area (Å²) in [5.41, 5.74) is -0.323. The molecule has 1 rings (SSSR count). The highest BCUT2D eigenvalue weighted by atomic mass is 16.3. The Bertz CT molecular complexity index is 224. The normalized spacial score (nSPS) is 27.9. The highest BCUT2D eigenvalue weighted by Gasteiger charge is 2.34. The van der Waals surface area contributed by atoms with Crippen molar-refractivity contribution in [1.29, 1.82) is 0 Å². The molecule has 1 N–H and O–H groups in total. The standard InChI is InChI=1S/C18H36O/c1-4-5-6-7-8-9-10-13-18(19)14-11-12-17(15-18)16(2)3/h16-17,19H,4-15H2,1-3H3. The summed E-state index contributed by atoms with van der Waals surface area (Å²) in [5.74, 6) is 1.49. The molecule has 19 heavy (non-hydrogen) atoms. The van der Waals surface area contributed by atoms with Crippen LogP contribution < -0.4 is 0 Å². The average molecular weight is 268 g/mol. The van der Waals surface area contributed by atoms with Crippen molar-refractivity contribution in [3.63, 3.8) is 0 Å². The zero-order valence-electron chi connectivity index (χ0n) is 13.6. The first-order valence-corrected chi connectivity index (χ1v) is 8.80. The maximum Gasteiger partial charge on any atom is 0.0650 e. The van der Waals surface area contributed by atoms with Crippen molar-refractivity contribution in [2.75, 3.05) is 0 Å². The molecule has 1 aliphatic rings. The largest absolute Gasteiger partial charge is 0.390 e. The van der Waals surface area contributed by atoms with E-state index in [9.17, 15) is 5.11 Å². The van der Waals surface area contributed by atoms with E-state index in [0.717, 1.165) is 31.1 Å². The molecule has 114 valence electrons. The molecule has 1 aliphatic carbocycles. The van der Waals surface area contributed by atoms with Crippen LogP contribution >= 0.6 is 0 Å². The maximum atomic E-state index is 10.7. The summed E-state index contributed by atoms with van der Waals surface area (Å²) in [7, 11) is 0. The van der Waals surface area contributed by atoms with Crippen LogP contribution in [0.5, 0.6) is 0 Å². The fraction of sp³-hybridized carbons (Fsp3) is 1.00. The summed E-state index contributed by atoms with van der Waals surface area (Å²) in [6, 6.07) is 0.